The molecule has 0 unspecified atom stereocenters. The van der Waals surface area contributed by atoms with E-state index < -0.39 is 5.97 Å². The predicted octanol–water partition coefficient (Wildman–Crippen LogP) is 1.49. The van der Waals surface area contributed by atoms with Gasteiger partial charge in [0, 0.05) is 24.2 Å². The molecule has 3 aromatic heterocycles. The van der Waals surface area contributed by atoms with Crippen LogP contribution in [0.1, 0.15) is 10.5 Å². The summed E-state index contributed by atoms with van der Waals surface area (Å²) in [6.07, 6.45) is 8.22. The van der Waals surface area contributed by atoms with Gasteiger partial charge in [-0.05, 0) is 12.1 Å². The zero-order valence-corrected chi connectivity index (χ0v) is 9.19. The molecule has 0 radical (unpaired) electrons. The van der Waals surface area contributed by atoms with Crippen molar-refractivity contribution >= 4 is 11.6 Å². The number of fused-ring (bicyclic) bond motifs is 1. The minimum absolute atomic E-state index is 0.0107. The van der Waals surface area contributed by atoms with Crippen molar-refractivity contribution in [1.82, 2.24) is 19.4 Å². The van der Waals surface area contributed by atoms with Gasteiger partial charge >= 0.3 is 5.97 Å². The van der Waals surface area contributed by atoms with Crippen molar-refractivity contribution < 1.29 is 9.90 Å². The maximum atomic E-state index is 10.9. The molecular formula is C12H8N4O2. The summed E-state index contributed by atoms with van der Waals surface area (Å²) in [5.41, 5.74) is 2.27. The summed E-state index contributed by atoms with van der Waals surface area (Å²) in [4.78, 5) is 22.9. The van der Waals surface area contributed by atoms with Crippen LogP contribution in [0.4, 0.5) is 0 Å². The fourth-order valence-corrected chi connectivity index (χ4v) is 1.76. The lowest BCUT2D eigenvalue weighted by Crippen LogP contribution is -2.00. The highest BCUT2D eigenvalue weighted by Gasteiger charge is 2.09. The minimum Gasteiger partial charge on any atom is -0.477 e. The number of pyridine rings is 1. The number of imidazole rings is 1. The molecule has 0 aromatic carbocycles. The molecule has 6 heteroatoms. The number of carbonyl (C=O) groups is 1. The zero-order valence-electron chi connectivity index (χ0n) is 9.19. The summed E-state index contributed by atoms with van der Waals surface area (Å²) in [6, 6.07) is 3.27. The molecule has 6 nitrogen and oxygen atoms in total. The normalized spacial score (nSPS) is 10.7. The Kier molecular flexibility index (Phi) is 2.26. The third kappa shape index (κ3) is 1.60. The Bertz CT molecular complexity index is 736. The molecule has 0 atom stereocenters. The summed E-state index contributed by atoms with van der Waals surface area (Å²) in [6.45, 7) is 0. The molecule has 0 amide bonds. The highest BCUT2D eigenvalue weighted by atomic mass is 16.4. The van der Waals surface area contributed by atoms with E-state index in [1.54, 1.807) is 30.9 Å². The van der Waals surface area contributed by atoms with Gasteiger partial charge in [0.2, 0.25) is 0 Å². The van der Waals surface area contributed by atoms with E-state index in [1.807, 2.05) is 4.40 Å². The standard InChI is InChI=1S/C12H8N4O2/c17-12(18)9-5-8(1-2-14-9)10-6-15-11-7-13-3-4-16(10)11/h1-7H,(H,17,18). The van der Waals surface area contributed by atoms with Crippen molar-refractivity contribution in [1.29, 1.82) is 0 Å². The van der Waals surface area contributed by atoms with E-state index in [0.717, 1.165) is 11.3 Å². The number of aromatic carboxylic acids is 1. The Morgan fingerprint density at radius 2 is 2.11 bits per heavy atom. The average Bonchev–Trinajstić information content (AvgIpc) is 2.82. The Hall–Kier alpha value is -2.76. The maximum Gasteiger partial charge on any atom is 0.354 e. The van der Waals surface area contributed by atoms with E-state index in [1.165, 1.54) is 12.3 Å². The van der Waals surface area contributed by atoms with Gasteiger partial charge < -0.3 is 5.11 Å². The number of hydrogen-bond acceptors (Lipinski definition) is 4. The second kappa shape index (κ2) is 3.92. The van der Waals surface area contributed by atoms with Gasteiger partial charge in [0.1, 0.15) is 5.69 Å². The van der Waals surface area contributed by atoms with Crippen molar-refractivity contribution in [3.8, 4) is 11.3 Å². The molecule has 0 aliphatic rings. The van der Waals surface area contributed by atoms with E-state index in [9.17, 15) is 4.79 Å². The first kappa shape index (κ1) is 10.4. The first-order valence-electron chi connectivity index (χ1n) is 5.22. The number of carboxylic acids is 1. The van der Waals surface area contributed by atoms with Crippen molar-refractivity contribution in [2.24, 2.45) is 0 Å². The smallest absolute Gasteiger partial charge is 0.354 e. The molecule has 18 heavy (non-hydrogen) atoms. The van der Waals surface area contributed by atoms with Gasteiger partial charge in [-0.3, -0.25) is 9.38 Å². The first-order valence-corrected chi connectivity index (χ1v) is 5.22. The summed E-state index contributed by atoms with van der Waals surface area (Å²) in [5.74, 6) is -1.05. The van der Waals surface area contributed by atoms with Crippen LogP contribution < -0.4 is 0 Å². The van der Waals surface area contributed by atoms with Crippen LogP contribution >= 0.6 is 0 Å². The monoisotopic (exact) mass is 240 g/mol. The quantitative estimate of drug-likeness (QED) is 0.734. The number of nitrogens with zero attached hydrogens (tertiary/aromatic N) is 4. The zero-order chi connectivity index (χ0) is 12.5. The lowest BCUT2D eigenvalue weighted by molar-refractivity contribution is 0.0690. The number of aromatic nitrogens is 4. The largest absolute Gasteiger partial charge is 0.477 e. The minimum atomic E-state index is -1.05. The topological polar surface area (TPSA) is 80.4 Å². The van der Waals surface area contributed by atoms with Crippen molar-refractivity contribution in [2.75, 3.05) is 0 Å². The second-order valence-corrected chi connectivity index (χ2v) is 3.68. The van der Waals surface area contributed by atoms with E-state index in [2.05, 4.69) is 15.0 Å². The van der Waals surface area contributed by atoms with Crippen molar-refractivity contribution in [3.05, 3.63) is 48.8 Å². The Labute approximate surface area is 102 Å². The van der Waals surface area contributed by atoms with Crippen LogP contribution in [0.3, 0.4) is 0 Å². The predicted molar refractivity (Wildman–Crippen MR) is 63.2 cm³/mol. The average molecular weight is 240 g/mol. The Balaban J connectivity index is 2.20. The molecule has 0 saturated carbocycles. The Morgan fingerprint density at radius 1 is 1.22 bits per heavy atom. The highest BCUT2D eigenvalue weighted by Crippen LogP contribution is 2.20. The molecule has 0 bridgehead atoms. The first-order chi connectivity index (χ1) is 8.75. The lowest BCUT2D eigenvalue weighted by atomic mass is 10.2. The summed E-state index contributed by atoms with van der Waals surface area (Å²) in [7, 11) is 0. The van der Waals surface area contributed by atoms with Crippen LogP contribution in [0.25, 0.3) is 16.9 Å². The van der Waals surface area contributed by atoms with E-state index in [4.69, 9.17) is 5.11 Å². The van der Waals surface area contributed by atoms with E-state index in [0.29, 0.717) is 5.65 Å². The van der Waals surface area contributed by atoms with Crippen LogP contribution in [0.2, 0.25) is 0 Å². The molecular weight excluding hydrogens is 232 g/mol. The molecule has 3 rings (SSSR count). The van der Waals surface area contributed by atoms with Crippen LogP contribution in [-0.4, -0.2) is 30.4 Å². The van der Waals surface area contributed by atoms with Gasteiger partial charge in [-0.15, -0.1) is 0 Å². The van der Waals surface area contributed by atoms with Crippen LogP contribution in [0.15, 0.2) is 43.1 Å². The van der Waals surface area contributed by atoms with Crippen molar-refractivity contribution in [2.45, 2.75) is 0 Å². The van der Waals surface area contributed by atoms with E-state index >= 15 is 0 Å². The fourth-order valence-electron chi connectivity index (χ4n) is 1.76. The molecule has 0 aliphatic carbocycles. The molecule has 3 heterocycles. The van der Waals surface area contributed by atoms with E-state index in [-0.39, 0.29) is 5.69 Å². The SMILES string of the molecule is O=C(O)c1cc(-c2cnc3cnccn23)ccn1. The molecule has 3 aromatic rings. The molecule has 0 fully saturated rings. The summed E-state index contributed by atoms with van der Waals surface area (Å²) < 4.78 is 1.84. The molecule has 88 valence electrons. The van der Waals surface area contributed by atoms with Crippen molar-refractivity contribution in [3.63, 3.8) is 0 Å². The van der Waals surface area contributed by atoms with Gasteiger partial charge in [-0.1, -0.05) is 0 Å². The van der Waals surface area contributed by atoms with Gasteiger partial charge in [0.05, 0.1) is 18.1 Å². The third-order valence-corrected chi connectivity index (χ3v) is 2.59. The van der Waals surface area contributed by atoms with Gasteiger partial charge in [-0.25, -0.2) is 14.8 Å². The van der Waals surface area contributed by atoms with Gasteiger partial charge in [-0.2, -0.15) is 0 Å². The third-order valence-electron chi connectivity index (χ3n) is 2.59. The maximum absolute atomic E-state index is 10.9. The molecule has 1 N–H and O–H groups in total. The molecule has 0 aliphatic heterocycles. The highest BCUT2D eigenvalue weighted by molar-refractivity contribution is 5.86. The van der Waals surface area contributed by atoms with Crippen LogP contribution in [-0.2, 0) is 0 Å². The second-order valence-electron chi connectivity index (χ2n) is 3.68. The number of carboxylic acid groups (broad SMARTS) is 1. The number of rotatable bonds is 2. The van der Waals surface area contributed by atoms with Gasteiger partial charge in [0.25, 0.3) is 0 Å². The van der Waals surface area contributed by atoms with Crippen LogP contribution in [0.5, 0.6) is 0 Å². The molecule has 0 spiro atoms. The molecule has 0 saturated heterocycles. The number of hydrogen-bond donors (Lipinski definition) is 1. The van der Waals surface area contributed by atoms with Crippen LogP contribution in [0, 0.1) is 0 Å². The lowest BCUT2D eigenvalue weighted by Gasteiger charge is -2.02. The summed E-state index contributed by atoms with van der Waals surface area (Å²) >= 11 is 0. The fraction of sp³-hybridized carbons (Fsp3) is 0. The Morgan fingerprint density at radius 3 is 2.94 bits per heavy atom. The summed E-state index contributed by atoms with van der Waals surface area (Å²) in [5, 5.41) is 8.93. The van der Waals surface area contributed by atoms with Gasteiger partial charge in [0.15, 0.2) is 5.65 Å².